The van der Waals surface area contributed by atoms with Crippen LogP contribution in [0.3, 0.4) is 0 Å². The Morgan fingerprint density at radius 2 is 1.96 bits per heavy atom. The number of amides is 2. The highest BCUT2D eigenvalue weighted by molar-refractivity contribution is 7.80. The largest absolute Gasteiger partial charge is 0.459 e. The molecule has 1 aromatic carbocycles. The summed E-state index contributed by atoms with van der Waals surface area (Å²) in [7, 11) is 0. The van der Waals surface area contributed by atoms with Crippen molar-refractivity contribution in [2.24, 2.45) is 0 Å². The van der Waals surface area contributed by atoms with E-state index in [4.69, 9.17) is 4.42 Å². The summed E-state index contributed by atoms with van der Waals surface area (Å²) in [6.45, 7) is 0. The number of furan rings is 1. The van der Waals surface area contributed by atoms with Gasteiger partial charge in [-0.2, -0.15) is 0 Å². The van der Waals surface area contributed by atoms with E-state index >= 15 is 0 Å². The first-order valence-corrected chi connectivity index (χ1v) is 7.50. The molecule has 2 aromatic rings. The van der Waals surface area contributed by atoms with Crippen LogP contribution in [0.1, 0.15) is 39.2 Å². The Balaban J connectivity index is 0. The van der Waals surface area contributed by atoms with Crippen LogP contribution in [0.4, 0.5) is 0 Å². The van der Waals surface area contributed by atoms with Crippen molar-refractivity contribution in [3.63, 3.8) is 0 Å². The Bertz CT molecular complexity index is 653. The van der Waals surface area contributed by atoms with Crippen molar-refractivity contribution < 1.29 is 18.3 Å². The van der Waals surface area contributed by atoms with Gasteiger partial charge in [-0.3, -0.25) is 25.8 Å². The SMILES string of the molecule is O=CNNC(=S)NC(=O)c1ccco1.[HH].[HH].[HH].c1ccc(C2CC2)cc1. The maximum Gasteiger partial charge on any atom is 0.293 e. The quantitative estimate of drug-likeness (QED) is 0.454. The smallest absolute Gasteiger partial charge is 0.293 e. The third kappa shape index (κ3) is 5.91. The van der Waals surface area contributed by atoms with Crippen molar-refractivity contribution in [1.82, 2.24) is 16.2 Å². The van der Waals surface area contributed by atoms with E-state index in [0.29, 0.717) is 6.41 Å². The molecule has 0 atom stereocenters. The number of hydrogen-bond acceptors (Lipinski definition) is 4. The van der Waals surface area contributed by atoms with E-state index in [1.54, 1.807) is 6.07 Å². The lowest BCUT2D eigenvalue weighted by Crippen LogP contribution is -2.45. The molecule has 6 nitrogen and oxygen atoms in total. The molecule has 0 bridgehead atoms. The molecule has 0 spiro atoms. The van der Waals surface area contributed by atoms with Gasteiger partial charge < -0.3 is 4.42 Å². The van der Waals surface area contributed by atoms with Crippen molar-refractivity contribution in [1.29, 1.82) is 0 Å². The average Bonchev–Trinajstić information content (AvgIpc) is 3.28. The number of hydrogen-bond donors (Lipinski definition) is 3. The second-order valence-electron chi connectivity index (χ2n) is 4.83. The lowest BCUT2D eigenvalue weighted by molar-refractivity contribution is -0.110. The molecule has 126 valence electrons. The van der Waals surface area contributed by atoms with Crippen LogP contribution in [0.25, 0.3) is 0 Å². The lowest BCUT2D eigenvalue weighted by atomic mass is 10.1. The number of hydrazine groups is 1. The molecule has 0 radical (unpaired) electrons. The molecule has 0 saturated heterocycles. The van der Waals surface area contributed by atoms with Crippen LogP contribution in [-0.4, -0.2) is 17.4 Å². The predicted octanol–water partition coefficient (Wildman–Crippen LogP) is 2.85. The Kier molecular flexibility index (Phi) is 6.31. The molecule has 1 aliphatic carbocycles. The van der Waals surface area contributed by atoms with Crippen molar-refractivity contribution in [2.45, 2.75) is 18.8 Å². The molecule has 23 heavy (non-hydrogen) atoms. The van der Waals surface area contributed by atoms with E-state index in [1.807, 2.05) is 0 Å². The van der Waals surface area contributed by atoms with Crippen LogP contribution in [-0.2, 0) is 4.79 Å². The van der Waals surface area contributed by atoms with Crippen LogP contribution in [0.15, 0.2) is 53.1 Å². The molecule has 1 aliphatic rings. The van der Waals surface area contributed by atoms with E-state index in [9.17, 15) is 9.59 Å². The Morgan fingerprint density at radius 1 is 1.22 bits per heavy atom. The molecule has 7 heteroatoms. The van der Waals surface area contributed by atoms with Gasteiger partial charge in [-0.1, -0.05) is 30.3 Å². The Hall–Kier alpha value is -2.67. The number of thiocarbonyl (C=S) groups is 1. The van der Waals surface area contributed by atoms with Crippen molar-refractivity contribution >= 4 is 29.6 Å². The highest BCUT2D eigenvalue weighted by Crippen LogP contribution is 2.39. The normalized spacial score (nSPS) is 12.3. The van der Waals surface area contributed by atoms with Gasteiger partial charge >= 0.3 is 0 Å². The monoisotopic (exact) mass is 337 g/mol. The highest BCUT2D eigenvalue weighted by Gasteiger charge is 2.22. The minimum atomic E-state index is -0.486. The van der Waals surface area contributed by atoms with Gasteiger partial charge in [0.15, 0.2) is 10.9 Å². The summed E-state index contributed by atoms with van der Waals surface area (Å²) < 4.78 is 4.81. The van der Waals surface area contributed by atoms with Crippen molar-refractivity contribution in [3.05, 3.63) is 60.1 Å². The minimum absolute atomic E-state index is 0. The van der Waals surface area contributed by atoms with E-state index in [2.05, 4.69) is 58.7 Å². The van der Waals surface area contributed by atoms with Gasteiger partial charge in [0.2, 0.25) is 6.41 Å². The Labute approximate surface area is 143 Å². The zero-order chi connectivity index (χ0) is 16.5. The van der Waals surface area contributed by atoms with E-state index in [0.717, 1.165) is 5.92 Å². The molecular formula is C16H23N3O3S. The summed E-state index contributed by atoms with van der Waals surface area (Å²) in [6.07, 6.45) is 4.58. The molecule has 0 aliphatic heterocycles. The number of carbonyl (C=O) groups is 2. The fourth-order valence-electron chi connectivity index (χ4n) is 1.84. The van der Waals surface area contributed by atoms with Gasteiger partial charge in [0.05, 0.1) is 6.26 Å². The molecule has 0 unspecified atom stereocenters. The molecule has 1 heterocycles. The zero-order valence-electron chi connectivity index (χ0n) is 12.3. The van der Waals surface area contributed by atoms with Gasteiger partial charge in [-0.05, 0) is 48.7 Å². The van der Waals surface area contributed by atoms with Crippen LogP contribution in [0.5, 0.6) is 0 Å². The number of benzene rings is 1. The molecule has 1 saturated carbocycles. The molecule has 1 aromatic heterocycles. The molecular weight excluding hydrogens is 314 g/mol. The topological polar surface area (TPSA) is 83.4 Å². The second kappa shape index (κ2) is 8.70. The summed E-state index contributed by atoms with van der Waals surface area (Å²) in [4.78, 5) is 21.1. The van der Waals surface area contributed by atoms with Crippen molar-refractivity contribution in [2.75, 3.05) is 0 Å². The van der Waals surface area contributed by atoms with Gasteiger partial charge in [-0.25, -0.2) is 0 Å². The zero-order valence-corrected chi connectivity index (χ0v) is 13.1. The van der Waals surface area contributed by atoms with Crippen LogP contribution in [0, 0.1) is 0 Å². The average molecular weight is 337 g/mol. The fraction of sp³-hybridized carbons (Fsp3) is 0.188. The number of carbonyl (C=O) groups excluding carboxylic acids is 2. The first-order valence-electron chi connectivity index (χ1n) is 7.09. The minimum Gasteiger partial charge on any atom is -0.459 e. The standard InChI is InChI=1S/C9H10.C7H7N3O3S.3H2/c1-2-4-8(5-3-1)9-6-7-9;11-4-8-10-7(14)9-6(12)5-2-1-3-13-5;;;/h1-5,9H,6-7H2;1-4H,(H,8,11)(H2,9,10,12,14);3*1H. The Morgan fingerprint density at radius 3 is 2.52 bits per heavy atom. The van der Waals surface area contributed by atoms with Crippen LogP contribution < -0.4 is 16.2 Å². The third-order valence-electron chi connectivity index (χ3n) is 3.06. The van der Waals surface area contributed by atoms with E-state index < -0.39 is 5.91 Å². The van der Waals surface area contributed by atoms with Crippen LogP contribution >= 0.6 is 12.2 Å². The van der Waals surface area contributed by atoms with Gasteiger partial charge in [0, 0.05) is 4.28 Å². The maximum absolute atomic E-state index is 11.2. The maximum atomic E-state index is 11.2. The lowest BCUT2D eigenvalue weighted by Gasteiger charge is -2.05. The fourth-order valence-corrected chi connectivity index (χ4v) is 1.99. The summed E-state index contributed by atoms with van der Waals surface area (Å²) in [5.41, 5.74) is 5.87. The number of nitrogens with one attached hydrogen (secondary N) is 3. The van der Waals surface area contributed by atoms with Gasteiger partial charge in [-0.15, -0.1) is 0 Å². The number of rotatable bonds is 4. The van der Waals surface area contributed by atoms with Gasteiger partial charge in [0.25, 0.3) is 5.91 Å². The van der Waals surface area contributed by atoms with E-state index in [-0.39, 0.29) is 15.2 Å². The first kappa shape index (κ1) is 16.7. The second-order valence-corrected chi connectivity index (χ2v) is 5.24. The predicted molar refractivity (Wildman–Crippen MR) is 95.9 cm³/mol. The highest BCUT2D eigenvalue weighted by atomic mass is 32.1. The molecule has 3 rings (SSSR count). The summed E-state index contributed by atoms with van der Waals surface area (Å²) in [5, 5.41) is 2.27. The first-order chi connectivity index (χ1) is 11.2. The molecule has 1 fully saturated rings. The summed E-state index contributed by atoms with van der Waals surface area (Å²) >= 11 is 4.66. The molecule has 3 N–H and O–H groups in total. The van der Waals surface area contributed by atoms with Crippen LogP contribution in [0.2, 0.25) is 0 Å². The van der Waals surface area contributed by atoms with Gasteiger partial charge in [0.1, 0.15) is 0 Å². The third-order valence-corrected chi connectivity index (χ3v) is 3.27. The molecule has 2 amide bonds. The summed E-state index contributed by atoms with van der Waals surface area (Å²) in [5.74, 6) is 0.562. The van der Waals surface area contributed by atoms with Crippen molar-refractivity contribution in [3.8, 4) is 0 Å². The summed E-state index contributed by atoms with van der Waals surface area (Å²) in [6, 6.07) is 13.8. The van der Waals surface area contributed by atoms with E-state index in [1.165, 1.54) is 30.7 Å².